The second-order valence-electron chi connectivity index (χ2n) is 3.83. The van der Waals surface area contributed by atoms with E-state index in [1.807, 2.05) is 0 Å². The molecular weight excluding hydrogens is 248 g/mol. The van der Waals surface area contributed by atoms with Crippen molar-refractivity contribution in [3.05, 3.63) is 41.6 Å². The molecule has 0 atom stereocenters. The molecule has 2 aromatic rings. The second kappa shape index (κ2) is 5.26. The van der Waals surface area contributed by atoms with Crippen molar-refractivity contribution >= 4 is 29.1 Å². The highest BCUT2D eigenvalue weighted by molar-refractivity contribution is 6.07. The third-order valence-electron chi connectivity index (χ3n) is 2.55. The molecule has 1 aromatic carbocycles. The standard InChI is InChI=1S/C13H10N2O4/c16-7-8-1-2-9-10(3-4-14-11(9)5-8)13(19)15-6-12(17)18/h1-5,7H,6H2,(H,15,19)(H,17,18). The highest BCUT2D eigenvalue weighted by Crippen LogP contribution is 2.17. The van der Waals surface area contributed by atoms with E-state index < -0.39 is 18.4 Å². The maximum atomic E-state index is 11.8. The fourth-order valence-corrected chi connectivity index (χ4v) is 1.69. The van der Waals surface area contributed by atoms with Gasteiger partial charge in [0.25, 0.3) is 5.91 Å². The summed E-state index contributed by atoms with van der Waals surface area (Å²) in [6, 6.07) is 6.25. The summed E-state index contributed by atoms with van der Waals surface area (Å²) in [5.41, 5.74) is 1.29. The topological polar surface area (TPSA) is 96.4 Å². The zero-order chi connectivity index (χ0) is 13.8. The smallest absolute Gasteiger partial charge is 0.322 e. The lowest BCUT2D eigenvalue weighted by atomic mass is 10.1. The Morgan fingerprint density at radius 2 is 2.11 bits per heavy atom. The van der Waals surface area contributed by atoms with Crippen LogP contribution in [0.3, 0.4) is 0 Å². The number of carboxylic acid groups (broad SMARTS) is 1. The lowest BCUT2D eigenvalue weighted by molar-refractivity contribution is -0.135. The summed E-state index contributed by atoms with van der Waals surface area (Å²) in [5.74, 6) is -1.61. The molecule has 0 fully saturated rings. The van der Waals surface area contributed by atoms with E-state index in [2.05, 4.69) is 10.3 Å². The molecule has 96 valence electrons. The molecule has 6 heteroatoms. The zero-order valence-electron chi connectivity index (χ0n) is 9.79. The summed E-state index contributed by atoms with van der Waals surface area (Å²) in [6.45, 7) is -0.449. The SMILES string of the molecule is O=Cc1ccc2c(C(=O)NCC(=O)O)ccnc2c1. The number of carbonyl (C=O) groups excluding carboxylic acids is 2. The molecule has 0 bridgehead atoms. The van der Waals surface area contributed by atoms with Gasteiger partial charge in [-0.05, 0) is 12.1 Å². The zero-order valence-corrected chi connectivity index (χ0v) is 9.79. The van der Waals surface area contributed by atoms with Crippen LogP contribution in [-0.2, 0) is 4.79 Å². The lowest BCUT2D eigenvalue weighted by Gasteiger charge is -2.06. The number of nitrogens with zero attached hydrogens (tertiary/aromatic N) is 1. The predicted molar refractivity (Wildman–Crippen MR) is 67.1 cm³/mol. The van der Waals surface area contributed by atoms with Gasteiger partial charge < -0.3 is 10.4 Å². The van der Waals surface area contributed by atoms with Gasteiger partial charge in [-0.2, -0.15) is 0 Å². The number of nitrogens with one attached hydrogen (secondary N) is 1. The van der Waals surface area contributed by atoms with Crippen LogP contribution in [0.2, 0.25) is 0 Å². The van der Waals surface area contributed by atoms with Crippen LogP contribution in [-0.4, -0.2) is 34.8 Å². The molecule has 2 N–H and O–H groups in total. The summed E-state index contributed by atoms with van der Waals surface area (Å²) in [7, 11) is 0. The van der Waals surface area contributed by atoms with Crippen LogP contribution in [0.4, 0.5) is 0 Å². The maximum absolute atomic E-state index is 11.8. The molecule has 0 aliphatic rings. The Labute approximate surface area is 108 Å². The quantitative estimate of drug-likeness (QED) is 0.793. The number of aliphatic carboxylic acids is 1. The van der Waals surface area contributed by atoms with Gasteiger partial charge in [0.15, 0.2) is 0 Å². The van der Waals surface area contributed by atoms with Crippen molar-refractivity contribution in [1.29, 1.82) is 0 Å². The van der Waals surface area contributed by atoms with Gasteiger partial charge in [-0.25, -0.2) is 0 Å². The Morgan fingerprint density at radius 3 is 2.79 bits per heavy atom. The summed E-state index contributed by atoms with van der Waals surface area (Å²) in [5, 5.41) is 11.4. The molecule has 19 heavy (non-hydrogen) atoms. The van der Waals surface area contributed by atoms with E-state index in [-0.39, 0.29) is 0 Å². The molecule has 2 rings (SSSR count). The Hall–Kier alpha value is -2.76. The van der Waals surface area contributed by atoms with Crippen LogP contribution in [0.1, 0.15) is 20.7 Å². The summed E-state index contributed by atoms with van der Waals surface area (Å²) in [6.07, 6.45) is 2.13. The van der Waals surface area contributed by atoms with E-state index in [1.165, 1.54) is 12.3 Å². The number of fused-ring (bicyclic) bond motifs is 1. The molecule has 1 aromatic heterocycles. The van der Waals surface area contributed by atoms with Crippen molar-refractivity contribution in [1.82, 2.24) is 10.3 Å². The number of amides is 1. The number of carbonyl (C=O) groups is 3. The van der Waals surface area contributed by atoms with E-state index in [9.17, 15) is 14.4 Å². The molecule has 6 nitrogen and oxygen atoms in total. The number of aldehydes is 1. The molecular formula is C13H10N2O4. The van der Waals surface area contributed by atoms with Crippen LogP contribution in [0.15, 0.2) is 30.5 Å². The Kier molecular flexibility index (Phi) is 3.51. The minimum absolute atomic E-state index is 0.323. The maximum Gasteiger partial charge on any atom is 0.322 e. The van der Waals surface area contributed by atoms with E-state index in [0.29, 0.717) is 28.3 Å². The summed E-state index contributed by atoms with van der Waals surface area (Å²) in [4.78, 5) is 37.0. The monoisotopic (exact) mass is 258 g/mol. The van der Waals surface area contributed by atoms with Gasteiger partial charge in [-0.3, -0.25) is 19.4 Å². The molecule has 0 spiro atoms. The van der Waals surface area contributed by atoms with Crippen molar-refractivity contribution in [3.8, 4) is 0 Å². The molecule has 0 aliphatic heterocycles. The number of hydrogen-bond donors (Lipinski definition) is 2. The lowest BCUT2D eigenvalue weighted by Crippen LogP contribution is -2.29. The molecule has 0 aliphatic carbocycles. The third kappa shape index (κ3) is 2.74. The number of hydrogen-bond acceptors (Lipinski definition) is 4. The van der Waals surface area contributed by atoms with Gasteiger partial charge in [0.1, 0.15) is 12.8 Å². The highest BCUT2D eigenvalue weighted by atomic mass is 16.4. The van der Waals surface area contributed by atoms with Crippen molar-refractivity contribution in [2.75, 3.05) is 6.54 Å². The highest BCUT2D eigenvalue weighted by Gasteiger charge is 2.11. The first-order valence-corrected chi connectivity index (χ1v) is 5.46. The number of carboxylic acids is 1. The van der Waals surface area contributed by atoms with Crippen LogP contribution in [0.5, 0.6) is 0 Å². The molecule has 0 radical (unpaired) electrons. The first-order valence-electron chi connectivity index (χ1n) is 5.46. The van der Waals surface area contributed by atoms with Gasteiger partial charge >= 0.3 is 5.97 Å². The predicted octanol–water partition coefficient (Wildman–Crippen LogP) is 0.862. The fourth-order valence-electron chi connectivity index (χ4n) is 1.69. The fraction of sp³-hybridized carbons (Fsp3) is 0.0769. The molecule has 0 saturated carbocycles. The van der Waals surface area contributed by atoms with Crippen LogP contribution in [0, 0.1) is 0 Å². The van der Waals surface area contributed by atoms with Crippen LogP contribution < -0.4 is 5.32 Å². The first kappa shape index (κ1) is 12.7. The Morgan fingerprint density at radius 1 is 1.32 bits per heavy atom. The number of rotatable bonds is 4. The van der Waals surface area contributed by atoms with Gasteiger partial charge in [0.05, 0.1) is 11.1 Å². The van der Waals surface area contributed by atoms with Gasteiger partial charge in [0, 0.05) is 17.1 Å². The average molecular weight is 258 g/mol. The van der Waals surface area contributed by atoms with Gasteiger partial charge in [-0.15, -0.1) is 0 Å². The molecule has 0 saturated heterocycles. The van der Waals surface area contributed by atoms with E-state index in [4.69, 9.17) is 5.11 Å². The molecule has 1 heterocycles. The first-order chi connectivity index (χ1) is 9.11. The van der Waals surface area contributed by atoms with Crippen LogP contribution >= 0.6 is 0 Å². The van der Waals surface area contributed by atoms with Crippen molar-refractivity contribution in [2.24, 2.45) is 0 Å². The second-order valence-corrected chi connectivity index (χ2v) is 3.83. The van der Waals surface area contributed by atoms with Crippen molar-refractivity contribution in [2.45, 2.75) is 0 Å². The number of benzene rings is 1. The largest absolute Gasteiger partial charge is 0.480 e. The van der Waals surface area contributed by atoms with E-state index in [1.54, 1.807) is 18.2 Å². The van der Waals surface area contributed by atoms with Gasteiger partial charge in [-0.1, -0.05) is 12.1 Å². The van der Waals surface area contributed by atoms with E-state index >= 15 is 0 Å². The number of pyridine rings is 1. The Balaban J connectivity index is 2.40. The Bertz CT molecular complexity index is 667. The average Bonchev–Trinajstić information content (AvgIpc) is 2.43. The summed E-state index contributed by atoms with van der Waals surface area (Å²) >= 11 is 0. The molecule has 0 unspecified atom stereocenters. The van der Waals surface area contributed by atoms with Crippen molar-refractivity contribution < 1.29 is 19.5 Å². The number of aromatic nitrogens is 1. The van der Waals surface area contributed by atoms with Gasteiger partial charge in [0.2, 0.25) is 0 Å². The molecule has 1 amide bonds. The van der Waals surface area contributed by atoms with Crippen LogP contribution in [0.25, 0.3) is 10.9 Å². The minimum atomic E-state index is -1.12. The third-order valence-corrected chi connectivity index (χ3v) is 2.55. The minimum Gasteiger partial charge on any atom is -0.480 e. The normalized spacial score (nSPS) is 10.1. The van der Waals surface area contributed by atoms with Crippen molar-refractivity contribution in [3.63, 3.8) is 0 Å². The van der Waals surface area contributed by atoms with E-state index in [0.717, 1.165) is 0 Å². The summed E-state index contributed by atoms with van der Waals surface area (Å²) < 4.78 is 0.